The normalized spacial score (nSPS) is 10.4. The largest absolute Gasteiger partial charge is 0.407 e. The van der Waals surface area contributed by atoms with Gasteiger partial charge in [-0.05, 0) is 23.7 Å². The van der Waals surface area contributed by atoms with E-state index in [1.54, 1.807) is 0 Å². The fraction of sp³-hybridized carbons (Fsp3) is 0. The summed E-state index contributed by atoms with van der Waals surface area (Å²) in [6.07, 6.45) is 0. The summed E-state index contributed by atoms with van der Waals surface area (Å²) in [6.45, 7) is 0. The molecule has 0 aliphatic heterocycles. The number of nitrogens with zero attached hydrogens (tertiary/aromatic N) is 3. The van der Waals surface area contributed by atoms with Crippen LogP contribution in [0.25, 0.3) is 11.5 Å². The van der Waals surface area contributed by atoms with Crippen LogP contribution in [0, 0.1) is 15.9 Å². The van der Waals surface area contributed by atoms with Gasteiger partial charge in [-0.1, -0.05) is 5.10 Å². The van der Waals surface area contributed by atoms with Crippen molar-refractivity contribution in [2.24, 2.45) is 0 Å². The fourth-order valence-corrected chi connectivity index (χ4v) is 1.26. The highest BCUT2D eigenvalue weighted by atomic mass is 35.5. The Morgan fingerprint density at radius 2 is 2.19 bits per heavy atom. The monoisotopic (exact) mass is 243 g/mol. The third-order valence-corrected chi connectivity index (χ3v) is 1.94. The van der Waals surface area contributed by atoms with Gasteiger partial charge in [-0.25, -0.2) is 4.39 Å². The van der Waals surface area contributed by atoms with Gasteiger partial charge in [0.15, 0.2) is 0 Å². The second kappa shape index (κ2) is 3.86. The maximum Gasteiger partial charge on any atom is 0.313 e. The predicted molar refractivity (Wildman–Crippen MR) is 51.4 cm³/mol. The van der Waals surface area contributed by atoms with E-state index in [-0.39, 0.29) is 16.8 Å². The summed E-state index contributed by atoms with van der Waals surface area (Å²) in [6, 6.07) is 3.01. The molecule has 0 unspecified atom stereocenters. The molecule has 0 bridgehead atoms. The highest BCUT2D eigenvalue weighted by molar-refractivity contribution is 6.27. The number of nitro groups is 1. The van der Waals surface area contributed by atoms with Crippen LogP contribution in [0.15, 0.2) is 22.6 Å². The summed E-state index contributed by atoms with van der Waals surface area (Å²) in [7, 11) is 0. The minimum Gasteiger partial charge on any atom is -0.407 e. The van der Waals surface area contributed by atoms with Gasteiger partial charge in [0.25, 0.3) is 11.6 Å². The van der Waals surface area contributed by atoms with Crippen LogP contribution in [-0.2, 0) is 0 Å². The van der Waals surface area contributed by atoms with E-state index < -0.39 is 16.4 Å². The van der Waals surface area contributed by atoms with Crippen molar-refractivity contribution in [1.82, 2.24) is 10.2 Å². The summed E-state index contributed by atoms with van der Waals surface area (Å²) in [4.78, 5) is 9.93. The maximum absolute atomic E-state index is 12.8. The summed E-state index contributed by atoms with van der Waals surface area (Å²) in [5.74, 6) is -0.849. The molecule has 2 aromatic rings. The lowest BCUT2D eigenvalue weighted by Gasteiger charge is -1.97. The van der Waals surface area contributed by atoms with Crippen LogP contribution in [0.1, 0.15) is 0 Å². The van der Waals surface area contributed by atoms with Crippen LogP contribution in [0.2, 0.25) is 5.35 Å². The third-order valence-electron chi connectivity index (χ3n) is 1.79. The highest BCUT2D eigenvalue weighted by Gasteiger charge is 2.20. The zero-order valence-corrected chi connectivity index (χ0v) is 8.31. The molecular formula is C8H3ClFN3O3. The predicted octanol–water partition coefficient (Wildman–Crippen LogP) is 2.44. The molecule has 2 rings (SSSR count). The Kier molecular flexibility index (Phi) is 2.53. The molecule has 0 saturated heterocycles. The van der Waals surface area contributed by atoms with E-state index in [4.69, 9.17) is 16.0 Å². The molecule has 1 heterocycles. The highest BCUT2D eigenvalue weighted by Crippen LogP contribution is 2.29. The number of nitro benzene ring substituents is 1. The standard InChI is InChI=1S/C8H3ClFN3O3/c9-8-12-11-7(16-8)5-2-1-4(10)3-6(5)13(14)15/h1-3H. The molecule has 1 aromatic heterocycles. The van der Waals surface area contributed by atoms with E-state index in [1.807, 2.05) is 0 Å². The van der Waals surface area contributed by atoms with Crippen LogP contribution in [0.3, 0.4) is 0 Å². The minimum absolute atomic E-state index is 0.0193. The molecule has 0 saturated carbocycles. The first-order valence-electron chi connectivity index (χ1n) is 4.01. The number of hydrogen-bond donors (Lipinski definition) is 0. The van der Waals surface area contributed by atoms with Gasteiger partial charge in [0, 0.05) is 0 Å². The SMILES string of the molecule is O=[N+]([O-])c1cc(F)ccc1-c1nnc(Cl)o1. The zero-order chi connectivity index (χ0) is 11.7. The first kappa shape index (κ1) is 10.5. The topological polar surface area (TPSA) is 82.1 Å². The molecule has 16 heavy (non-hydrogen) atoms. The van der Waals surface area contributed by atoms with Crippen molar-refractivity contribution in [3.05, 3.63) is 39.5 Å². The van der Waals surface area contributed by atoms with Crippen LogP contribution in [-0.4, -0.2) is 15.1 Å². The summed E-state index contributed by atoms with van der Waals surface area (Å²) >= 11 is 5.39. The molecule has 1 aromatic carbocycles. The molecule has 0 aliphatic carbocycles. The summed E-state index contributed by atoms with van der Waals surface area (Å²) in [5.41, 5.74) is -0.439. The lowest BCUT2D eigenvalue weighted by atomic mass is 10.2. The van der Waals surface area contributed by atoms with E-state index >= 15 is 0 Å². The van der Waals surface area contributed by atoms with Gasteiger partial charge < -0.3 is 4.42 Å². The van der Waals surface area contributed by atoms with Crippen molar-refractivity contribution in [2.75, 3.05) is 0 Å². The Bertz CT molecular complexity index is 557. The van der Waals surface area contributed by atoms with Crippen molar-refractivity contribution in [2.45, 2.75) is 0 Å². The first-order chi connectivity index (χ1) is 7.58. The van der Waals surface area contributed by atoms with Crippen LogP contribution >= 0.6 is 11.6 Å². The number of halogens is 2. The Hall–Kier alpha value is -2.02. The van der Waals surface area contributed by atoms with Gasteiger partial charge >= 0.3 is 5.35 Å². The molecule has 0 aliphatic rings. The van der Waals surface area contributed by atoms with E-state index in [2.05, 4.69) is 10.2 Å². The molecule has 8 heteroatoms. The van der Waals surface area contributed by atoms with Gasteiger partial charge in [0.1, 0.15) is 11.4 Å². The van der Waals surface area contributed by atoms with E-state index in [9.17, 15) is 14.5 Å². The average Bonchev–Trinajstić information content (AvgIpc) is 2.64. The van der Waals surface area contributed by atoms with Crippen molar-refractivity contribution in [3.63, 3.8) is 0 Å². The molecule has 0 N–H and O–H groups in total. The minimum atomic E-state index is -0.740. The smallest absolute Gasteiger partial charge is 0.313 e. The summed E-state index contributed by atoms with van der Waals surface area (Å²) < 4.78 is 17.6. The summed E-state index contributed by atoms with van der Waals surface area (Å²) in [5, 5.41) is 17.3. The number of benzene rings is 1. The van der Waals surface area contributed by atoms with Crippen LogP contribution < -0.4 is 0 Å². The van der Waals surface area contributed by atoms with Crippen molar-refractivity contribution in [1.29, 1.82) is 0 Å². The van der Waals surface area contributed by atoms with E-state index in [0.717, 1.165) is 12.1 Å². The molecule has 0 radical (unpaired) electrons. The van der Waals surface area contributed by atoms with E-state index in [1.165, 1.54) is 6.07 Å². The Labute approximate surface area is 92.8 Å². The molecule has 0 atom stereocenters. The van der Waals surface area contributed by atoms with Crippen molar-refractivity contribution < 1.29 is 13.7 Å². The second-order valence-electron chi connectivity index (χ2n) is 2.78. The molecule has 0 amide bonds. The molecule has 0 spiro atoms. The average molecular weight is 244 g/mol. The third kappa shape index (κ3) is 1.84. The van der Waals surface area contributed by atoms with Gasteiger partial charge in [-0.15, -0.1) is 5.10 Å². The zero-order valence-electron chi connectivity index (χ0n) is 7.55. The Morgan fingerprint density at radius 1 is 1.44 bits per heavy atom. The maximum atomic E-state index is 12.8. The molecule has 6 nitrogen and oxygen atoms in total. The fourth-order valence-electron chi connectivity index (χ4n) is 1.15. The van der Waals surface area contributed by atoms with Gasteiger partial charge in [-0.3, -0.25) is 10.1 Å². The van der Waals surface area contributed by atoms with Crippen LogP contribution in [0.4, 0.5) is 10.1 Å². The number of aromatic nitrogens is 2. The number of hydrogen-bond acceptors (Lipinski definition) is 5. The van der Waals surface area contributed by atoms with Crippen molar-refractivity contribution >= 4 is 17.3 Å². The van der Waals surface area contributed by atoms with E-state index in [0.29, 0.717) is 0 Å². The Balaban J connectivity index is 2.60. The van der Waals surface area contributed by atoms with Gasteiger partial charge in [0.05, 0.1) is 11.0 Å². The lowest BCUT2D eigenvalue weighted by Crippen LogP contribution is -1.93. The Morgan fingerprint density at radius 3 is 2.75 bits per heavy atom. The molecular weight excluding hydrogens is 241 g/mol. The van der Waals surface area contributed by atoms with Crippen molar-refractivity contribution in [3.8, 4) is 11.5 Å². The lowest BCUT2D eigenvalue weighted by molar-refractivity contribution is -0.384. The molecule has 0 fully saturated rings. The van der Waals surface area contributed by atoms with Gasteiger partial charge in [0.2, 0.25) is 0 Å². The van der Waals surface area contributed by atoms with Gasteiger partial charge in [-0.2, -0.15) is 0 Å². The molecule has 82 valence electrons. The van der Waals surface area contributed by atoms with Crippen LogP contribution in [0.5, 0.6) is 0 Å². The second-order valence-corrected chi connectivity index (χ2v) is 3.10. The number of rotatable bonds is 2. The quantitative estimate of drug-likeness (QED) is 0.598. The first-order valence-corrected chi connectivity index (χ1v) is 4.39.